The summed E-state index contributed by atoms with van der Waals surface area (Å²) < 4.78 is 9.01. The van der Waals surface area contributed by atoms with Crippen molar-refractivity contribution >= 4 is 15.9 Å². The zero-order chi connectivity index (χ0) is 14.3. The fraction of sp³-hybridized carbons (Fsp3) is 0.400. The summed E-state index contributed by atoms with van der Waals surface area (Å²) in [5.74, 6) is 0.869. The summed E-state index contributed by atoms with van der Waals surface area (Å²) in [5, 5.41) is 4.49. The van der Waals surface area contributed by atoms with Gasteiger partial charge in [-0.2, -0.15) is 5.10 Å². The monoisotopic (exact) mass is 335 g/mol. The topological polar surface area (TPSA) is 53.1 Å². The first-order valence-corrected chi connectivity index (χ1v) is 7.62. The SMILES string of the molecule is CCc1nn(C)cc1C1CC(N)c2ccc(Br)cc2O1. The largest absolute Gasteiger partial charge is 0.485 e. The molecule has 20 heavy (non-hydrogen) atoms. The van der Waals surface area contributed by atoms with Crippen molar-refractivity contribution in [2.45, 2.75) is 31.9 Å². The van der Waals surface area contributed by atoms with Crippen LogP contribution in [0.4, 0.5) is 0 Å². The molecule has 0 saturated carbocycles. The number of aryl methyl sites for hydroxylation is 2. The molecule has 0 bridgehead atoms. The van der Waals surface area contributed by atoms with Gasteiger partial charge in [0.1, 0.15) is 11.9 Å². The molecule has 2 atom stereocenters. The third-order valence-corrected chi connectivity index (χ3v) is 4.22. The number of hydrogen-bond acceptors (Lipinski definition) is 3. The maximum atomic E-state index is 6.30. The van der Waals surface area contributed by atoms with Crippen LogP contribution >= 0.6 is 15.9 Å². The number of benzene rings is 1. The molecule has 0 spiro atoms. The van der Waals surface area contributed by atoms with Gasteiger partial charge in [-0.15, -0.1) is 0 Å². The number of nitrogens with two attached hydrogens (primary N) is 1. The van der Waals surface area contributed by atoms with Crippen LogP contribution in [-0.4, -0.2) is 9.78 Å². The molecule has 1 aromatic carbocycles. The van der Waals surface area contributed by atoms with E-state index in [0.29, 0.717) is 0 Å². The van der Waals surface area contributed by atoms with Crippen molar-refractivity contribution in [1.29, 1.82) is 0 Å². The van der Waals surface area contributed by atoms with Crippen LogP contribution in [0.5, 0.6) is 5.75 Å². The summed E-state index contributed by atoms with van der Waals surface area (Å²) in [4.78, 5) is 0. The van der Waals surface area contributed by atoms with Crippen molar-refractivity contribution in [3.63, 3.8) is 0 Å². The number of ether oxygens (including phenoxy) is 1. The Morgan fingerprint density at radius 1 is 1.45 bits per heavy atom. The van der Waals surface area contributed by atoms with Crippen LogP contribution < -0.4 is 10.5 Å². The summed E-state index contributed by atoms with van der Waals surface area (Å²) in [6.45, 7) is 2.11. The maximum absolute atomic E-state index is 6.30. The first-order chi connectivity index (χ1) is 9.58. The molecule has 0 amide bonds. The van der Waals surface area contributed by atoms with Crippen LogP contribution in [0, 0.1) is 0 Å². The second-order valence-electron chi connectivity index (χ2n) is 5.19. The molecule has 2 unspecified atom stereocenters. The molecule has 2 aromatic rings. The molecule has 2 N–H and O–H groups in total. The van der Waals surface area contributed by atoms with Crippen molar-refractivity contribution in [3.05, 3.63) is 45.7 Å². The van der Waals surface area contributed by atoms with Crippen molar-refractivity contribution < 1.29 is 4.74 Å². The van der Waals surface area contributed by atoms with Gasteiger partial charge in [-0.25, -0.2) is 0 Å². The zero-order valence-electron chi connectivity index (χ0n) is 11.6. The first kappa shape index (κ1) is 13.6. The van der Waals surface area contributed by atoms with Crippen LogP contribution in [0.15, 0.2) is 28.9 Å². The fourth-order valence-corrected chi connectivity index (χ4v) is 3.10. The Morgan fingerprint density at radius 3 is 3.00 bits per heavy atom. The van der Waals surface area contributed by atoms with E-state index in [1.54, 1.807) is 0 Å². The molecular formula is C15H18BrN3O. The van der Waals surface area contributed by atoms with E-state index in [-0.39, 0.29) is 12.1 Å². The van der Waals surface area contributed by atoms with Gasteiger partial charge in [-0.1, -0.05) is 28.9 Å². The van der Waals surface area contributed by atoms with Crippen molar-refractivity contribution in [1.82, 2.24) is 9.78 Å². The zero-order valence-corrected chi connectivity index (χ0v) is 13.2. The predicted octanol–water partition coefficient (Wildman–Crippen LogP) is 3.27. The highest BCUT2D eigenvalue weighted by Gasteiger charge is 2.29. The Balaban J connectivity index is 1.98. The summed E-state index contributed by atoms with van der Waals surface area (Å²) in [5.41, 5.74) is 9.61. The minimum Gasteiger partial charge on any atom is -0.485 e. The fourth-order valence-electron chi connectivity index (χ4n) is 2.76. The Morgan fingerprint density at radius 2 is 2.25 bits per heavy atom. The third-order valence-electron chi connectivity index (χ3n) is 3.73. The smallest absolute Gasteiger partial charge is 0.129 e. The van der Waals surface area contributed by atoms with Gasteiger partial charge in [0, 0.05) is 41.3 Å². The molecule has 5 heteroatoms. The van der Waals surface area contributed by atoms with E-state index < -0.39 is 0 Å². The molecule has 4 nitrogen and oxygen atoms in total. The van der Waals surface area contributed by atoms with Gasteiger partial charge in [0.05, 0.1) is 5.69 Å². The van der Waals surface area contributed by atoms with Gasteiger partial charge in [-0.05, 0) is 18.6 Å². The average molecular weight is 336 g/mol. The first-order valence-electron chi connectivity index (χ1n) is 6.82. The molecule has 0 saturated heterocycles. The highest BCUT2D eigenvalue weighted by atomic mass is 79.9. The third kappa shape index (κ3) is 2.36. The van der Waals surface area contributed by atoms with E-state index in [1.165, 1.54) is 0 Å². The second kappa shape index (κ2) is 5.22. The number of rotatable bonds is 2. The molecule has 1 aliphatic heterocycles. The van der Waals surface area contributed by atoms with Crippen LogP contribution in [0.1, 0.15) is 42.3 Å². The minimum absolute atomic E-state index is 0.00163. The highest BCUT2D eigenvalue weighted by molar-refractivity contribution is 9.10. The van der Waals surface area contributed by atoms with E-state index >= 15 is 0 Å². The summed E-state index contributed by atoms with van der Waals surface area (Å²) in [6.07, 6.45) is 3.71. The minimum atomic E-state index is -0.0181. The molecule has 106 valence electrons. The standard InChI is InChI=1S/C15H18BrN3O/c1-3-13-11(8-19(2)18-13)15-7-12(17)10-5-4-9(16)6-14(10)20-15/h4-6,8,12,15H,3,7,17H2,1-2H3. The molecule has 1 aliphatic rings. The van der Waals surface area contributed by atoms with Crippen molar-refractivity contribution in [2.24, 2.45) is 12.8 Å². The van der Waals surface area contributed by atoms with Crippen LogP contribution in [0.2, 0.25) is 0 Å². The molecule has 0 radical (unpaired) electrons. The Hall–Kier alpha value is -1.33. The molecule has 0 aliphatic carbocycles. The predicted molar refractivity (Wildman–Crippen MR) is 81.6 cm³/mol. The van der Waals surface area contributed by atoms with E-state index in [1.807, 2.05) is 36.1 Å². The van der Waals surface area contributed by atoms with Gasteiger partial charge < -0.3 is 10.5 Å². The van der Waals surface area contributed by atoms with Crippen molar-refractivity contribution in [2.75, 3.05) is 0 Å². The van der Waals surface area contributed by atoms with E-state index in [0.717, 1.165) is 39.9 Å². The normalized spacial score (nSPS) is 21.4. The summed E-state index contributed by atoms with van der Waals surface area (Å²) >= 11 is 3.48. The number of nitrogens with zero attached hydrogens (tertiary/aromatic N) is 2. The Kier molecular flexibility index (Phi) is 3.56. The second-order valence-corrected chi connectivity index (χ2v) is 6.10. The number of halogens is 1. The number of fused-ring (bicyclic) bond motifs is 1. The number of hydrogen-bond donors (Lipinski definition) is 1. The van der Waals surface area contributed by atoms with Crippen molar-refractivity contribution in [3.8, 4) is 5.75 Å². The lowest BCUT2D eigenvalue weighted by Gasteiger charge is -2.30. The lowest BCUT2D eigenvalue weighted by Crippen LogP contribution is -2.24. The molecule has 3 rings (SSSR count). The van der Waals surface area contributed by atoms with Gasteiger partial charge in [0.2, 0.25) is 0 Å². The average Bonchev–Trinajstić information content (AvgIpc) is 2.79. The quantitative estimate of drug-likeness (QED) is 0.916. The van der Waals surface area contributed by atoms with Gasteiger partial charge in [-0.3, -0.25) is 4.68 Å². The lowest BCUT2D eigenvalue weighted by atomic mass is 9.93. The van der Waals surface area contributed by atoms with Gasteiger partial charge >= 0.3 is 0 Å². The molecule has 0 fully saturated rings. The van der Waals surface area contributed by atoms with E-state index in [2.05, 4.69) is 28.0 Å². The highest BCUT2D eigenvalue weighted by Crippen LogP contribution is 2.41. The molecular weight excluding hydrogens is 318 g/mol. The Labute approximate surface area is 127 Å². The van der Waals surface area contributed by atoms with Crippen LogP contribution in [-0.2, 0) is 13.5 Å². The van der Waals surface area contributed by atoms with Crippen LogP contribution in [0.3, 0.4) is 0 Å². The van der Waals surface area contributed by atoms with Crippen LogP contribution in [0.25, 0.3) is 0 Å². The Bertz CT molecular complexity index is 638. The van der Waals surface area contributed by atoms with Gasteiger partial charge in [0.15, 0.2) is 0 Å². The summed E-state index contributed by atoms with van der Waals surface area (Å²) in [7, 11) is 1.94. The number of aromatic nitrogens is 2. The maximum Gasteiger partial charge on any atom is 0.129 e. The van der Waals surface area contributed by atoms with Gasteiger partial charge in [0.25, 0.3) is 0 Å². The van der Waals surface area contributed by atoms with E-state index in [9.17, 15) is 0 Å². The lowest BCUT2D eigenvalue weighted by molar-refractivity contribution is 0.160. The molecule has 2 heterocycles. The summed E-state index contributed by atoms with van der Waals surface area (Å²) in [6, 6.07) is 6.03. The van der Waals surface area contributed by atoms with E-state index in [4.69, 9.17) is 10.5 Å². The molecule has 1 aromatic heterocycles.